The summed E-state index contributed by atoms with van der Waals surface area (Å²) in [4.78, 5) is 11.0. The molecule has 0 amide bonds. The number of nitrogens with one attached hydrogen (secondary N) is 1. The highest BCUT2D eigenvalue weighted by atomic mass is 16.1. The fourth-order valence-corrected chi connectivity index (χ4v) is 0.736. The van der Waals surface area contributed by atoms with Crippen molar-refractivity contribution in [3.8, 4) is 0 Å². The average Bonchev–Trinajstić information content (AvgIpc) is 2.39. The number of carbonyl (C=O) groups excluding carboxylic acids is 1. The molecule has 1 unspecified atom stereocenters. The summed E-state index contributed by atoms with van der Waals surface area (Å²) in [5.41, 5.74) is 6.25. The van der Waals surface area contributed by atoms with Crippen molar-refractivity contribution in [2.24, 2.45) is 5.73 Å². The van der Waals surface area contributed by atoms with E-state index in [-0.39, 0.29) is 11.8 Å². The van der Waals surface area contributed by atoms with Gasteiger partial charge in [-0.1, -0.05) is 0 Å². The lowest BCUT2D eigenvalue weighted by Crippen LogP contribution is -2.27. The fraction of sp³-hybridized carbons (Fsp3) is 0.429. The Labute approximate surface area is 64.8 Å². The summed E-state index contributed by atoms with van der Waals surface area (Å²) in [5.74, 6) is 0.0337. The third kappa shape index (κ3) is 2.16. The summed E-state index contributed by atoms with van der Waals surface area (Å²) in [6, 6.07) is -0.384. The molecular formula is C7H11N3O. The molecule has 0 aliphatic carbocycles. The van der Waals surface area contributed by atoms with E-state index in [9.17, 15) is 4.79 Å². The molecule has 0 fully saturated rings. The quantitative estimate of drug-likeness (QED) is 0.635. The van der Waals surface area contributed by atoms with Crippen molar-refractivity contribution in [3.05, 3.63) is 18.0 Å². The van der Waals surface area contributed by atoms with Crippen molar-refractivity contribution in [2.75, 3.05) is 0 Å². The molecule has 0 saturated carbocycles. The van der Waals surface area contributed by atoms with E-state index < -0.39 is 0 Å². The molecule has 1 atom stereocenters. The number of hydrogen-bond donors (Lipinski definition) is 2. The second kappa shape index (κ2) is 3.30. The van der Waals surface area contributed by atoms with Crippen molar-refractivity contribution < 1.29 is 4.79 Å². The zero-order chi connectivity index (χ0) is 8.27. The molecule has 11 heavy (non-hydrogen) atoms. The van der Waals surface area contributed by atoms with Crippen LogP contribution in [0.4, 0.5) is 0 Å². The predicted molar refractivity (Wildman–Crippen MR) is 40.9 cm³/mol. The highest BCUT2D eigenvalue weighted by Gasteiger charge is 2.08. The number of aromatic amines is 1. The van der Waals surface area contributed by atoms with Gasteiger partial charge >= 0.3 is 0 Å². The van der Waals surface area contributed by atoms with Crippen LogP contribution in [0.25, 0.3) is 0 Å². The summed E-state index contributed by atoms with van der Waals surface area (Å²) in [6.45, 7) is 1.68. The Balaban J connectivity index is 2.50. The summed E-state index contributed by atoms with van der Waals surface area (Å²) >= 11 is 0. The standard InChI is InChI=1S/C7H11N3O/c1-5(8)7(11)2-6-3-9-10-4-6/h3-5H,2,8H2,1H3,(H,9,10). The molecule has 1 aromatic heterocycles. The van der Waals surface area contributed by atoms with Gasteiger partial charge in [0.2, 0.25) is 0 Å². The Hall–Kier alpha value is -1.16. The lowest BCUT2D eigenvalue weighted by molar-refractivity contribution is -0.119. The molecule has 0 aromatic carbocycles. The van der Waals surface area contributed by atoms with Crippen molar-refractivity contribution in [2.45, 2.75) is 19.4 Å². The first kappa shape index (κ1) is 7.94. The van der Waals surface area contributed by atoms with Crippen LogP contribution in [0.5, 0.6) is 0 Å². The molecule has 0 aliphatic rings. The third-order valence-electron chi connectivity index (χ3n) is 1.44. The maximum atomic E-state index is 11.0. The van der Waals surface area contributed by atoms with Gasteiger partial charge in [0.05, 0.1) is 12.2 Å². The Morgan fingerprint density at radius 3 is 3.09 bits per heavy atom. The van der Waals surface area contributed by atoms with Crippen LogP contribution in [0.3, 0.4) is 0 Å². The zero-order valence-corrected chi connectivity index (χ0v) is 6.37. The highest BCUT2D eigenvalue weighted by molar-refractivity contribution is 5.85. The summed E-state index contributed by atoms with van der Waals surface area (Å²) in [6.07, 6.45) is 3.69. The molecule has 1 aromatic rings. The Morgan fingerprint density at radius 2 is 2.64 bits per heavy atom. The van der Waals surface area contributed by atoms with Gasteiger partial charge in [-0.25, -0.2) is 0 Å². The number of nitrogens with two attached hydrogens (primary N) is 1. The Bertz CT molecular complexity index is 228. The van der Waals surface area contributed by atoms with Gasteiger partial charge in [0.25, 0.3) is 0 Å². The van der Waals surface area contributed by atoms with E-state index in [0.717, 1.165) is 5.56 Å². The largest absolute Gasteiger partial charge is 0.322 e. The van der Waals surface area contributed by atoms with Crippen LogP contribution in [-0.2, 0) is 11.2 Å². The van der Waals surface area contributed by atoms with Crippen LogP contribution in [0.15, 0.2) is 12.4 Å². The smallest absolute Gasteiger partial charge is 0.153 e. The number of hydrogen-bond acceptors (Lipinski definition) is 3. The number of carbonyl (C=O) groups is 1. The van der Waals surface area contributed by atoms with Gasteiger partial charge in [0.1, 0.15) is 0 Å². The van der Waals surface area contributed by atoms with Gasteiger partial charge in [0, 0.05) is 12.6 Å². The maximum Gasteiger partial charge on any atom is 0.153 e. The molecule has 3 N–H and O–H groups in total. The Kier molecular flexibility index (Phi) is 2.38. The molecule has 1 rings (SSSR count). The Morgan fingerprint density at radius 1 is 1.91 bits per heavy atom. The van der Waals surface area contributed by atoms with E-state index in [1.54, 1.807) is 19.3 Å². The molecule has 0 aliphatic heterocycles. The van der Waals surface area contributed by atoms with Crippen molar-refractivity contribution in [1.29, 1.82) is 0 Å². The SMILES string of the molecule is CC(N)C(=O)Cc1cn[nH]c1. The van der Waals surface area contributed by atoms with E-state index in [0.29, 0.717) is 6.42 Å². The molecule has 0 bridgehead atoms. The molecule has 1 heterocycles. The van der Waals surface area contributed by atoms with Gasteiger partial charge in [-0.05, 0) is 12.5 Å². The van der Waals surface area contributed by atoms with E-state index in [1.807, 2.05) is 0 Å². The van der Waals surface area contributed by atoms with Gasteiger partial charge in [-0.3, -0.25) is 9.89 Å². The van der Waals surface area contributed by atoms with Crippen LogP contribution in [0, 0.1) is 0 Å². The molecular weight excluding hydrogens is 142 g/mol. The van der Waals surface area contributed by atoms with E-state index in [2.05, 4.69) is 10.2 Å². The van der Waals surface area contributed by atoms with Crippen molar-refractivity contribution in [1.82, 2.24) is 10.2 Å². The van der Waals surface area contributed by atoms with E-state index >= 15 is 0 Å². The normalized spacial score (nSPS) is 12.9. The van der Waals surface area contributed by atoms with Crippen molar-refractivity contribution in [3.63, 3.8) is 0 Å². The van der Waals surface area contributed by atoms with Crippen LogP contribution in [0.1, 0.15) is 12.5 Å². The molecule has 0 saturated heterocycles. The predicted octanol–water partition coefficient (Wildman–Crippen LogP) is -0.132. The number of aromatic nitrogens is 2. The van der Waals surface area contributed by atoms with Crippen LogP contribution < -0.4 is 5.73 Å². The highest BCUT2D eigenvalue weighted by Crippen LogP contribution is 1.97. The minimum absolute atomic E-state index is 0.0337. The first-order valence-corrected chi connectivity index (χ1v) is 3.46. The molecule has 0 radical (unpaired) electrons. The van der Waals surface area contributed by atoms with Gasteiger partial charge in [-0.15, -0.1) is 0 Å². The summed E-state index contributed by atoms with van der Waals surface area (Å²) in [5, 5.41) is 6.35. The summed E-state index contributed by atoms with van der Waals surface area (Å²) in [7, 11) is 0. The van der Waals surface area contributed by atoms with Crippen LogP contribution in [0.2, 0.25) is 0 Å². The van der Waals surface area contributed by atoms with Gasteiger partial charge in [0.15, 0.2) is 5.78 Å². The number of nitrogens with zero attached hydrogens (tertiary/aromatic N) is 1. The second-order valence-corrected chi connectivity index (χ2v) is 2.54. The maximum absolute atomic E-state index is 11.0. The summed E-state index contributed by atoms with van der Waals surface area (Å²) < 4.78 is 0. The molecule has 0 spiro atoms. The zero-order valence-electron chi connectivity index (χ0n) is 6.37. The van der Waals surface area contributed by atoms with Crippen LogP contribution >= 0.6 is 0 Å². The van der Waals surface area contributed by atoms with Crippen LogP contribution in [-0.4, -0.2) is 22.0 Å². The fourth-order valence-electron chi connectivity index (χ4n) is 0.736. The van der Waals surface area contributed by atoms with E-state index in [1.165, 1.54) is 0 Å². The average molecular weight is 153 g/mol. The molecule has 4 heteroatoms. The van der Waals surface area contributed by atoms with Gasteiger partial charge in [-0.2, -0.15) is 5.10 Å². The first-order chi connectivity index (χ1) is 5.20. The van der Waals surface area contributed by atoms with Gasteiger partial charge < -0.3 is 5.73 Å². The molecule has 60 valence electrons. The first-order valence-electron chi connectivity index (χ1n) is 3.46. The lowest BCUT2D eigenvalue weighted by Gasteiger charge is -2.00. The number of H-pyrrole nitrogens is 1. The van der Waals surface area contributed by atoms with E-state index in [4.69, 9.17) is 5.73 Å². The number of ketones is 1. The monoisotopic (exact) mass is 153 g/mol. The topological polar surface area (TPSA) is 71.8 Å². The minimum Gasteiger partial charge on any atom is -0.322 e. The molecule has 4 nitrogen and oxygen atoms in total. The third-order valence-corrected chi connectivity index (χ3v) is 1.44. The lowest BCUT2D eigenvalue weighted by atomic mass is 10.1. The number of rotatable bonds is 3. The van der Waals surface area contributed by atoms with Crippen molar-refractivity contribution >= 4 is 5.78 Å². The number of Topliss-reactive ketones (excluding diaryl/α,β-unsaturated/α-hetero) is 1. The minimum atomic E-state index is -0.384. The second-order valence-electron chi connectivity index (χ2n) is 2.54.